The summed E-state index contributed by atoms with van der Waals surface area (Å²) in [4.78, 5) is 42.9. The molecular weight excluding hydrogens is 568 g/mol. The molecule has 5 rings (SSSR count). The molecule has 44 heavy (non-hydrogen) atoms. The molecule has 0 saturated carbocycles. The van der Waals surface area contributed by atoms with Crippen LogP contribution in [0.3, 0.4) is 0 Å². The fourth-order valence-corrected chi connectivity index (χ4v) is 4.93. The summed E-state index contributed by atoms with van der Waals surface area (Å²) in [6.45, 7) is 4.38. The number of esters is 1. The lowest BCUT2D eigenvalue weighted by atomic mass is 9.91. The van der Waals surface area contributed by atoms with Gasteiger partial charge in [0.1, 0.15) is 0 Å². The van der Waals surface area contributed by atoms with E-state index in [9.17, 15) is 23.2 Å². The number of Topliss-reactive ketones (excluding diaryl/α,β-unsaturated/α-hetero) is 1. The Hall–Kier alpha value is -5.25. The van der Waals surface area contributed by atoms with Gasteiger partial charge in [0.25, 0.3) is 11.8 Å². The van der Waals surface area contributed by atoms with Gasteiger partial charge in [-0.25, -0.2) is 13.6 Å². The fraction of sp³-hybridized carbons (Fsp3) is 0.206. The Morgan fingerprint density at radius 3 is 2.11 bits per heavy atom. The number of anilines is 1. The Labute approximate surface area is 252 Å². The number of benzene rings is 3. The van der Waals surface area contributed by atoms with E-state index in [1.807, 2.05) is 6.92 Å². The van der Waals surface area contributed by atoms with Crippen molar-refractivity contribution in [1.82, 2.24) is 10.2 Å². The zero-order valence-corrected chi connectivity index (χ0v) is 24.5. The normalized spacial score (nSPS) is 15.7. The van der Waals surface area contributed by atoms with Crippen molar-refractivity contribution in [3.05, 3.63) is 136 Å². The van der Waals surface area contributed by atoms with Crippen LogP contribution in [0.15, 0.2) is 102 Å². The van der Waals surface area contributed by atoms with Crippen LogP contribution in [-0.4, -0.2) is 35.0 Å². The van der Waals surface area contributed by atoms with Crippen molar-refractivity contribution >= 4 is 23.5 Å². The largest absolute Gasteiger partial charge is 0.468 e. The molecule has 4 aromatic rings. The van der Waals surface area contributed by atoms with Gasteiger partial charge in [-0.1, -0.05) is 84.4 Å². The van der Waals surface area contributed by atoms with Crippen LogP contribution in [0.5, 0.6) is 0 Å². The lowest BCUT2D eigenvalue weighted by molar-refractivity contribution is -0.152. The third-order valence-corrected chi connectivity index (χ3v) is 7.26. The van der Waals surface area contributed by atoms with Crippen molar-refractivity contribution in [2.75, 3.05) is 12.0 Å². The van der Waals surface area contributed by atoms with Gasteiger partial charge in [-0.15, -0.1) is 5.10 Å². The van der Waals surface area contributed by atoms with Crippen molar-refractivity contribution in [2.45, 2.75) is 38.8 Å². The number of amides is 1. The highest BCUT2D eigenvalue weighted by molar-refractivity contribution is 6.21. The predicted molar refractivity (Wildman–Crippen MR) is 158 cm³/mol. The second kappa shape index (κ2) is 12.2. The molecule has 1 amide bonds. The third-order valence-electron chi connectivity index (χ3n) is 7.26. The van der Waals surface area contributed by atoms with Crippen molar-refractivity contribution in [2.24, 2.45) is 0 Å². The van der Waals surface area contributed by atoms with Crippen LogP contribution >= 0.6 is 0 Å². The molecule has 2 heterocycles. The quantitative estimate of drug-likeness (QED) is 0.164. The maximum atomic E-state index is 14.3. The number of nitrogens with zero attached hydrogens (tertiary/aromatic N) is 3. The van der Waals surface area contributed by atoms with Gasteiger partial charge in [0, 0.05) is 23.6 Å². The van der Waals surface area contributed by atoms with Crippen molar-refractivity contribution < 1.29 is 32.6 Å². The molecule has 8 nitrogen and oxygen atoms in total. The predicted octanol–water partition coefficient (Wildman–Crippen LogP) is 6.36. The summed E-state index contributed by atoms with van der Waals surface area (Å²) in [5.74, 6) is -5.52. The van der Waals surface area contributed by atoms with Crippen LogP contribution in [0, 0.1) is 13.8 Å². The number of methoxy groups -OCH3 is 1. The number of aryl methyl sites for hydroxylation is 2. The molecule has 3 aromatic carbocycles. The number of carbonyl (C=O) groups excluding carboxylic acids is 3. The molecule has 1 aromatic heterocycles. The molecule has 0 radical (unpaired) electrons. The van der Waals surface area contributed by atoms with Gasteiger partial charge in [-0.3, -0.25) is 14.5 Å². The summed E-state index contributed by atoms with van der Waals surface area (Å²) in [6, 6.07) is 22.5. The number of hydrogen-bond acceptors (Lipinski definition) is 7. The summed E-state index contributed by atoms with van der Waals surface area (Å²) >= 11 is 0. The molecule has 1 aliphatic heterocycles. The Balaban J connectivity index is 1.75. The lowest BCUT2D eigenvalue weighted by Crippen LogP contribution is -2.32. The van der Waals surface area contributed by atoms with Crippen molar-refractivity contribution in [1.29, 1.82) is 0 Å². The average Bonchev–Trinajstić information content (AvgIpc) is 3.31. The van der Waals surface area contributed by atoms with Gasteiger partial charge in [0.2, 0.25) is 6.10 Å². The van der Waals surface area contributed by atoms with Gasteiger partial charge < -0.3 is 9.47 Å². The Kier molecular flexibility index (Phi) is 8.35. The van der Waals surface area contributed by atoms with E-state index in [2.05, 4.69) is 10.2 Å². The van der Waals surface area contributed by atoms with E-state index in [1.54, 1.807) is 73.7 Å². The molecule has 0 fully saturated rings. The molecule has 0 N–H and O–H groups in total. The van der Waals surface area contributed by atoms with Gasteiger partial charge >= 0.3 is 5.97 Å². The molecule has 0 bridgehead atoms. The number of carbonyl (C=O) groups is 3. The molecule has 0 saturated heterocycles. The topological polar surface area (TPSA) is 98.7 Å². The monoisotopic (exact) mass is 597 g/mol. The third kappa shape index (κ3) is 5.96. The van der Waals surface area contributed by atoms with Crippen LogP contribution in [-0.2, 0) is 25.0 Å². The molecule has 0 unspecified atom stereocenters. The highest BCUT2D eigenvalue weighted by atomic mass is 19.3. The smallest absolute Gasteiger partial charge is 0.351 e. The molecule has 224 valence electrons. The summed E-state index contributed by atoms with van der Waals surface area (Å²) < 4.78 is 39.4. The summed E-state index contributed by atoms with van der Waals surface area (Å²) in [5, 5.41) is 8.28. The van der Waals surface area contributed by atoms with Gasteiger partial charge in [0.05, 0.1) is 24.4 Å². The number of ketones is 1. The van der Waals surface area contributed by atoms with E-state index in [0.717, 1.165) is 12.5 Å². The lowest BCUT2D eigenvalue weighted by Gasteiger charge is -2.26. The van der Waals surface area contributed by atoms with Gasteiger partial charge in [-0.2, -0.15) is 5.10 Å². The van der Waals surface area contributed by atoms with E-state index in [1.165, 1.54) is 36.3 Å². The molecule has 10 heteroatoms. The molecule has 0 aliphatic carbocycles. The molecule has 0 spiro atoms. The molecule has 2 atom stereocenters. The average molecular weight is 598 g/mol. The number of halogens is 2. The van der Waals surface area contributed by atoms with E-state index >= 15 is 0 Å². The van der Waals surface area contributed by atoms with E-state index < -0.39 is 41.5 Å². The van der Waals surface area contributed by atoms with Crippen LogP contribution < -0.4 is 4.90 Å². The Bertz CT molecular complexity index is 1720. The van der Waals surface area contributed by atoms with Gasteiger partial charge in [0.15, 0.2) is 17.4 Å². The van der Waals surface area contributed by atoms with E-state index in [-0.39, 0.29) is 22.5 Å². The zero-order valence-electron chi connectivity index (χ0n) is 24.5. The first-order valence-electron chi connectivity index (χ1n) is 13.8. The summed E-state index contributed by atoms with van der Waals surface area (Å²) in [5.41, 5.74) is 2.15. The van der Waals surface area contributed by atoms with Gasteiger partial charge in [-0.05, 0) is 31.5 Å². The maximum absolute atomic E-state index is 14.3. The van der Waals surface area contributed by atoms with E-state index in [0.29, 0.717) is 16.8 Å². The highest BCUT2D eigenvalue weighted by Gasteiger charge is 2.48. The standard InChI is InChI=1S/C34H29F2N3O5/c1-20-10-13-23(14-11-20)29(40)27-28(22-15-17-25(18-16-22)34(3,35)36)39(26-19-12-21(2)37-38-26)32(41)31(27)44-30(33(42)43-4)24-8-6-5-7-9-24/h5-19,28,30H,1-4H3/t28-,30+/m1/s1. The number of rotatable bonds is 9. The second-order valence-electron chi connectivity index (χ2n) is 10.5. The molecule has 1 aliphatic rings. The second-order valence-corrected chi connectivity index (χ2v) is 10.5. The Morgan fingerprint density at radius 2 is 1.55 bits per heavy atom. The minimum Gasteiger partial charge on any atom is -0.468 e. The van der Waals surface area contributed by atoms with Crippen molar-refractivity contribution in [3.8, 4) is 0 Å². The van der Waals surface area contributed by atoms with Crippen LogP contribution in [0.4, 0.5) is 14.6 Å². The first kappa shape index (κ1) is 30.2. The number of alkyl halides is 2. The summed E-state index contributed by atoms with van der Waals surface area (Å²) in [7, 11) is 1.19. The van der Waals surface area contributed by atoms with Crippen LogP contribution in [0.2, 0.25) is 0 Å². The molecular formula is C34H29F2N3O5. The summed E-state index contributed by atoms with van der Waals surface area (Å²) in [6.07, 6.45) is -1.40. The minimum absolute atomic E-state index is 0.0950. The minimum atomic E-state index is -3.11. The first-order valence-corrected chi connectivity index (χ1v) is 13.8. The number of ether oxygens (including phenoxy) is 2. The number of aromatic nitrogens is 2. The van der Waals surface area contributed by atoms with Crippen LogP contribution in [0.1, 0.15) is 57.4 Å². The fourth-order valence-electron chi connectivity index (χ4n) is 4.93. The number of hydrogen-bond donors (Lipinski definition) is 0. The van der Waals surface area contributed by atoms with Crippen LogP contribution in [0.25, 0.3) is 0 Å². The van der Waals surface area contributed by atoms with E-state index in [4.69, 9.17) is 9.47 Å². The highest BCUT2D eigenvalue weighted by Crippen LogP contribution is 2.44. The Morgan fingerprint density at radius 1 is 0.886 bits per heavy atom. The zero-order chi connectivity index (χ0) is 31.6. The maximum Gasteiger partial charge on any atom is 0.351 e. The first-order chi connectivity index (χ1) is 21.0. The van der Waals surface area contributed by atoms with Crippen molar-refractivity contribution in [3.63, 3.8) is 0 Å². The SMILES string of the molecule is COC(=O)[C@@H](OC1=C(C(=O)c2ccc(C)cc2)[C@@H](c2ccc(C(C)(F)F)cc2)N(c2ccc(C)nn2)C1=O)c1ccccc1.